The van der Waals surface area contributed by atoms with Crippen molar-refractivity contribution in [3.05, 3.63) is 66.4 Å². The van der Waals surface area contributed by atoms with Crippen molar-refractivity contribution in [3.63, 3.8) is 0 Å². The van der Waals surface area contributed by atoms with E-state index in [0.29, 0.717) is 46.9 Å². The van der Waals surface area contributed by atoms with E-state index in [9.17, 15) is 4.79 Å². The lowest BCUT2D eigenvalue weighted by atomic mass is 10.1. The lowest BCUT2D eigenvalue weighted by molar-refractivity contribution is 0.0360. The smallest absolute Gasteiger partial charge is 0.297 e. The van der Waals surface area contributed by atoms with E-state index in [1.165, 1.54) is 0 Å². The first kappa shape index (κ1) is 23.4. The van der Waals surface area contributed by atoms with Crippen molar-refractivity contribution in [2.24, 2.45) is 0 Å². The maximum absolute atomic E-state index is 12.7. The molecule has 12 heteroatoms. The molecule has 1 aromatic carbocycles. The Morgan fingerprint density at radius 1 is 0.971 bits per heavy atom. The number of nitrogens with one attached hydrogen (secondary N) is 3. The van der Waals surface area contributed by atoms with Gasteiger partial charge in [0.15, 0.2) is 23.1 Å². The summed E-state index contributed by atoms with van der Waals surface area (Å²) in [5.41, 5.74) is 4.87. The monoisotopic (exact) mass is 473 g/mol. The Hall–Kier alpha value is -4.71. The van der Waals surface area contributed by atoms with Gasteiger partial charge >= 0.3 is 0 Å². The number of aryl methyl sites for hydroxylation is 1. The highest BCUT2D eigenvalue weighted by Gasteiger charge is 2.19. The van der Waals surface area contributed by atoms with Crippen LogP contribution in [0.1, 0.15) is 23.0 Å². The molecule has 4 rings (SSSR count). The van der Waals surface area contributed by atoms with Gasteiger partial charge in [-0.05, 0) is 37.6 Å². The van der Waals surface area contributed by atoms with E-state index in [1.54, 1.807) is 57.0 Å². The highest BCUT2D eigenvalue weighted by atomic mass is 16.6. The summed E-state index contributed by atoms with van der Waals surface area (Å²) in [6, 6.07) is 8.78. The second-order valence-corrected chi connectivity index (χ2v) is 7.15. The van der Waals surface area contributed by atoms with Crippen LogP contribution in [0.25, 0.3) is 11.4 Å². The molecule has 35 heavy (non-hydrogen) atoms. The average molecular weight is 473 g/mol. The molecule has 3 N–H and O–H groups in total. The summed E-state index contributed by atoms with van der Waals surface area (Å²) in [6.45, 7) is 3.96. The molecule has 0 atom stereocenters. The fourth-order valence-electron chi connectivity index (χ4n) is 3.09. The van der Waals surface area contributed by atoms with Gasteiger partial charge in [-0.25, -0.2) is 25.4 Å². The van der Waals surface area contributed by atoms with Gasteiger partial charge in [-0.2, -0.15) is 0 Å². The summed E-state index contributed by atoms with van der Waals surface area (Å²) in [5.74, 6) is 1.08. The first-order chi connectivity index (χ1) is 17.1. The van der Waals surface area contributed by atoms with Crippen molar-refractivity contribution in [2.45, 2.75) is 13.8 Å². The number of methoxy groups -OCH3 is 1. The van der Waals surface area contributed by atoms with Crippen LogP contribution in [0.5, 0.6) is 5.75 Å². The number of anilines is 4. The zero-order valence-electron chi connectivity index (χ0n) is 19.3. The van der Waals surface area contributed by atoms with Crippen LogP contribution < -0.4 is 20.9 Å². The number of para-hydroxylation sites is 1. The van der Waals surface area contributed by atoms with Gasteiger partial charge in [0.2, 0.25) is 5.95 Å². The Kier molecular flexibility index (Phi) is 7.33. The number of ether oxygens (including phenoxy) is 1. The molecule has 0 unspecified atom stereocenters. The summed E-state index contributed by atoms with van der Waals surface area (Å²) in [5, 5.41) is 14.3. The summed E-state index contributed by atoms with van der Waals surface area (Å²) in [7, 11) is 1.55. The third-order valence-corrected chi connectivity index (χ3v) is 4.63. The van der Waals surface area contributed by atoms with Gasteiger partial charge in [0, 0.05) is 30.9 Å². The minimum absolute atomic E-state index is 0.0111. The molecule has 0 radical (unpaired) electrons. The maximum atomic E-state index is 12.7. The molecule has 1 amide bonds. The average Bonchev–Trinajstić information content (AvgIpc) is 2.88. The van der Waals surface area contributed by atoms with Crippen molar-refractivity contribution in [1.29, 1.82) is 0 Å². The minimum Gasteiger partial charge on any atom is -0.494 e. The molecular weight excluding hydrogens is 450 g/mol. The highest BCUT2D eigenvalue weighted by Crippen LogP contribution is 2.37. The summed E-state index contributed by atoms with van der Waals surface area (Å²) in [6.07, 6.45) is 6.65. The van der Waals surface area contributed by atoms with Crippen LogP contribution in [0.15, 0.2) is 55.1 Å². The number of carbonyl (C=O) groups excluding carboxylic acids is 1. The molecule has 0 aliphatic carbocycles. The van der Waals surface area contributed by atoms with Gasteiger partial charge in [-0.15, -0.1) is 10.2 Å². The van der Waals surface area contributed by atoms with Crippen LogP contribution in [-0.2, 0) is 4.84 Å². The van der Waals surface area contributed by atoms with Gasteiger partial charge in [-0.3, -0.25) is 9.63 Å². The quantitative estimate of drug-likeness (QED) is 0.308. The normalized spacial score (nSPS) is 10.5. The third kappa shape index (κ3) is 5.62. The van der Waals surface area contributed by atoms with Crippen molar-refractivity contribution in [3.8, 4) is 17.1 Å². The third-order valence-electron chi connectivity index (χ3n) is 4.63. The lowest BCUT2D eigenvalue weighted by Gasteiger charge is -2.16. The van der Waals surface area contributed by atoms with Crippen LogP contribution in [0.3, 0.4) is 0 Å². The van der Waals surface area contributed by atoms with Crippen molar-refractivity contribution in [2.75, 3.05) is 24.4 Å². The summed E-state index contributed by atoms with van der Waals surface area (Å²) in [4.78, 5) is 34.8. The predicted octanol–water partition coefficient (Wildman–Crippen LogP) is 3.21. The Bertz CT molecular complexity index is 1300. The van der Waals surface area contributed by atoms with E-state index in [-0.39, 0.29) is 5.69 Å². The fourth-order valence-corrected chi connectivity index (χ4v) is 3.09. The second-order valence-electron chi connectivity index (χ2n) is 7.15. The molecule has 0 spiro atoms. The number of hydroxylamine groups is 1. The molecule has 0 fully saturated rings. The number of hydrogen-bond acceptors (Lipinski definition) is 11. The van der Waals surface area contributed by atoms with Crippen LogP contribution in [0.2, 0.25) is 0 Å². The van der Waals surface area contributed by atoms with E-state index >= 15 is 0 Å². The molecule has 3 heterocycles. The van der Waals surface area contributed by atoms with E-state index in [4.69, 9.17) is 9.57 Å². The van der Waals surface area contributed by atoms with E-state index in [0.717, 1.165) is 5.56 Å². The number of aromatic nitrogens is 6. The molecule has 0 aliphatic rings. The topological polar surface area (TPSA) is 149 Å². The first-order valence-electron chi connectivity index (χ1n) is 10.7. The van der Waals surface area contributed by atoms with Crippen molar-refractivity contribution < 1.29 is 14.4 Å². The number of carbonyl (C=O) groups is 1. The van der Waals surface area contributed by atoms with Crippen molar-refractivity contribution in [1.82, 2.24) is 35.6 Å². The van der Waals surface area contributed by atoms with Gasteiger partial charge < -0.3 is 15.4 Å². The number of amides is 1. The predicted molar refractivity (Wildman–Crippen MR) is 128 cm³/mol. The maximum Gasteiger partial charge on any atom is 0.297 e. The molecule has 178 valence electrons. The number of benzene rings is 1. The first-order valence-corrected chi connectivity index (χ1v) is 10.7. The SMILES string of the molecule is CCONC(=O)c1nnc(Nc2ncccn2)cc1Nc1cccc(-c2ncc(C)cn2)c1OC. The molecule has 3 aromatic heterocycles. The number of nitrogens with zero attached hydrogens (tertiary/aromatic N) is 6. The molecular formula is C23H23N9O3. The van der Waals surface area contributed by atoms with Gasteiger partial charge in [-0.1, -0.05) is 6.07 Å². The number of hydrogen-bond donors (Lipinski definition) is 3. The molecule has 0 aliphatic heterocycles. The fraction of sp³-hybridized carbons (Fsp3) is 0.174. The van der Waals surface area contributed by atoms with E-state index in [1.807, 2.05) is 19.1 Å². The molecule has 4 aromatic rings. The molecule has 0 saturated carbocycles. The summed E-state index contributed by atoms with van der Waals surface area (Å²) >= 11 is 0. The second kappa shape index (κ2) is 10.9. The highest BCUT2D eigenvalue weighted by molar-refractivity contribution is 5.98. The van der Waals surface area contributed by atoms with Gasteiger partial charge in [0.1, 0.15) is 0 Å². The van der Waals surface area contributed by atoms with E-state index in [2.05, 4.69) is 46.2 Å². The standard InChI is InChI=1S/C23H23N9O3/c1-4-35-32-22(33)19-17(11-18(30-31-19)29-23-24-9-6-10-25-23)28-16-8-5-7-15(20(16)34-3)21-26-12-14(2)13-27-21/h5-13H,4H2,1-3H3,(H,32,33)(H2,24,25,28,29,30). The van der Waals surface area contributed by atoms with Crippen molar-refractivity contribution >= 4 is 29.0 Å². The summed E-state index contributed by atoms with van der Waals surface area (Å²) < 4.78 is 5.69. The Morgan fingerprint density at radius 3 is 2.46 bits per heavy atom. The Labute approximate surface area is 201 Å². The lowest BCUT2D eigenvalue weighted by Crippen LogP contribution is -2.26. The molecule has 12 nitrogen and oxygen atoms in total. The van der Waals surface area contributed by atoms with Crippen LogP contribution in [0, 0.1) is 6.92 Å². The Balaban J connectivity index is 1.73. The van der Waals surface area contributed by atoms with Gasteiger partial charge in [0.05, 0.1) is 30.7 Å². The zero-order valence-corrected chi connectivity index (χ0v) is 19.3. The number of rotatable bonds is 9. The zero-order chi connectivity index (χ0) is 24.6. The Morgan fingerprint density at radius 2 is 1.74 bits per heavy atom. The van der Waals surface area contributed by atoms with E-state index < -0.39 is 5.91 Å². The van der Waals surface area contributed by atoms with Gasteiger partial charge in [0.25, 0.3) is 5.91 Å². The van der Waals surface area contributed by atoms with Crippen LogP contribution in [-0.4, -0.2) is 49.8 Å². The minimum atomic E-state index is -0.568. The van der Waals surface area contributed by atoms with Crippen LogP contribution in [0.4, 0.5) is 23.1 Å². The molecule has 0 bridgehead atoms. The largest absolute Gasteiger partial charge is 0.494 e. The van der Waals surface area contributed by atoms with Crippen LogP contribution >= 0.6 is 0 Å². The molecule has 0 saturated heterocycles.